The molecule has 19 heavy (non-hydrogen) atoms. The minimum absolute atomic E-state index is 1.04. The van der Waals surface area contributed by atoms with Crippen LogP contribution in [0.15, 0.2) is 24.8 Å². The minimum Gasteiger partial charge on any atom is -0.418 e. The standard InChI is InChI=1S/C12H21N2.BF4/c1-3-5-6-7-8-9-14-11-10-13(4-2)12-14;2-1(3,4)5/h8-12H,3-7H2,1-2H3;/q+1;-1. The van der Waals surface area contributed by atoms with E-state index in [0.717, 1.165) is 6.54 Å². The molecule has 0 aromatic carbocycles. The van der Waals surface area contributed by atoms with Gasteiger partial charge in [0, 0.05) is 0 Å². The lowest BCUT2D eigenvalue weighted by molar-refractivity contribution is -0.692. The van der Waals surface area contributed by atoms with E-state index in [1.807, 2.05) is 0 Å². The smallest absolute Gasteiger partial charge is 0.418 e. The van der Waals surface area contributed by atoms with Crippen molar-refractivity contribution in [2.75, 3.05) is 0 Å². The molecule has 0 fully saturated rings. The number of aromatic nitrogens is 2. The van der Waals surface area contributed by atoms with Gasteiger partial charge in [-0.2, -0.15) is 0 Å². The summed E-state index contributed by atoms with van der Waals surface area (Å²) in [5.41, 5.74) is 0. The molecule has 7 heteroatoms. The number of hydrogen-bond acceptors (Lipinski definition) is 0. The number of hydrogen-bond donors (Lipinski definition) is 0. The first-order valence-corrected chi connectivity index (χ1v) is 6.47. The fourth-order valence-electron chi connectivity index (χ4n) is 1.39. The van der Waals surface area contributed by atoms with Gasteiger partial charge in [0.25, 0.3) is 0 Å². The van der Waals surface area contributed by atoms with Crippen LogP contribution in [-0.2, 0) is 6.54 Å². The van der Waals surface area contributed by atoms with E-state index in [2.05, 4.69) is 54.0 Å². The quantitative estimate of drug-likeness (QED) is 0.320. The van der Waals surface area contributed by atoms with E-state index >= 15 is 0 Å². The van der Waals surface area contributed by atoms with E-state index in [0.29, 0.717) is 0 Å². The Labute approximate surface area is 111 Å². The van der Waals surface area contributed by atoms with Crippen molar-refractivity contribution in [2.45, 2.75) is 46.1 Å². The van der Waals surface area contributed by atoms with Gasteiger partial charge in [-0.05, 0) is 25.8 Å². The largest absolute Gasteiger partial charge is 0.673 e. The van der Waals surface area contributed by atoms with E-state index in [1.165, 1.54) is 25.7 Å². The Morgan fingerprint density at radius 2 is 1.79 bits per heavy atom. The third-order valence-electron chi connectivity index (χ3n) is 2.33. The lowest BCUT2D eigenvalue weighted by Gasteiger charge is -1.94. The molecule has 0 spiro atoms. The molecule has 0 aliphatic rings. The average Bonchev–Trinajstić information content (AvgIpc) is 2.74. The maximum Gasteiger partial charge on any atom is 0.673 e. The molecule has 0 radical (unpaired) electrons. The summed E-state index contributed by atoms with van der Waals surface area (Å²) in [4.78, 5) is 0. The highest BCUT2D eigenvalue weighted by molar-refractivity contribution is 6.50. The van der Waals surface area contributed by atoms with Crippen LogP contribution in [-0.4, -0.2) is 11.8 Å². The van der Waals surface area contributed by atoms with E-state index in [4.69, 9.17) is 0 Å². The van der Waals surface area contributed by atoms with Gasteiger partial charge in [-0.1, -0.05) is 19.8 Å². The topological polar surface area (TPSA) is 8.81 Å². The highest BCUT2D eigenvalue weighted by Gasteiger charge is 2.20. The van der Waals surface area contributed by atoms with Gasteiger partial charge in [0.05, 0.1) is 12.7 Å². The summed E-state index contributed by atoms with van der Waals surface area (Å²) in [6, 6.07) is 0. The summed E-state index contributed by atoms with van der Waals surface area (Å²) in [5, 5.41) is 0. The predicted molar refractivity (Wildman–Crippen MR) is 70.0 cm³/mol. The van der Waals surface area contributed by atoms with Crippen LogP contribution >= 0.6 is 0 Å². The first-order chi connectivity index (χ1) is 8.86. The molecule has 0 bridgehead atoms. The molecule has 0 unspecified atom stereocenters. The Hall–Kier alpha value is -1.27. The molecule has 1 aromatic heterocycles. The number of aryl methyl sites for hydroxylation is 1. The summed E-state index contributed by atoms with van der Waals surface area (Å²) in [5.74, 6) is 0. The first-order valence-electron chi connectivity index (χ1n) is 6.47. The van der Waals surface area contributed by atoms with Crippen molar-refractivity contribution in [3.05, 3.63) is 24.8 Å². The Kier molecular flexibility index (Phi) is 9.00. The molecule has 0 aliphatic heterocycles. The number of rotatable bonds is 6. The molecule has 0 saturated carbocycles. The van der Waals surface area contributed by atoms with Crippen molar-refractivity contribution in [2.24, 2.45) is 0 Å². The van der Waals surface area contributed by atoms with E-state index in [1.54, 1.807) is 0 Å². The van der Waals surface area contributed by atoms with Crippen molar-refractivity contribution < 1.29 is 21.8 Å². The molecule has 0 atom stereocenters. The Morgan fingerprint density at radius 1 is 1.16 bits per heavy atom. The predicted octanol–water partition coefficient (Wildman–Crippen LogP) is 4.15. The fourth-order valence-corrected chi connectivity index (χ4v) is 1.39. The third-order valence-corrected chi connectivity index (χ3v) is 2.33. The molecule has 1 rings (SSSR count). The van der Waals surface area contributed by atoms with Gasteiger partial charge in [0.2, 0.25) is 6.33 Å². The molecule has 1 heterocycles. The lowest BCUT2D eigenvalue weighted by atomic mass is 10.2. The van der Waals surface area contributed by atoms with Crippen LogP contribution in [0, 0.1) is 0 Å². The number of unbranched alkanes of at least 4 members (excludes halogenated alkanes) is 3. The Morgan fingerprint density at radius 3 is 2.26 bits per heavy atom. The van der Waals surface area contributed by atoms with Crippen molar-refractivity contribution in [3.63, 3.8) is 0 Å². The number of halogens is 4. The maximum atomic E-state index is 9.75. The van der Waals surface area contributed by atoms with Gasteiger partial charge in [0.15, 0.2) is 0 Å². The molecule has 0 amide bonds. The Balaban J connectivity index is 0.000000555. The molecule has 0 N–H and O–H groups in total. The monoisotopic (exact) mass is 280 g/mol. The first kappa shape index (κ1) is 17.7. The van der Waals surface area contributed by atoms with Gasteiger partial charge in [-0.25, -0.2) is 9.13 Å². The second-order valence-corrected chi connectivity index (χ2v) is 4.07. The van der Waals surface area contributed by atoms with Crippen LogP contribution in [0.3, 0.4) is 0 Å². The molecular weight excluding hydrogens is 259 g/mol. The SMILES string of the molecule is CCCCCC=Cn1cc[n+](CC)c1.F[B-](F)(F)F. The van der Waals surface area contributed by atoms with Crippen LogP contribution in [0.2, 0.25) is 0 Å². The van der Waals surface area contributed by atoms with Crippen molar-refractivity contribution in [1.29, 1.82) is 0 Å². The molecular formula is C12H21BF4N2. The minimum atomic E-state index is -6.00. The van der Waals surface area contributed by atoms with Crippen LogP contribution < -0.4 is 4.57 Å². The normalized spacial score (nSPS) is 11.5. The molecule has 0 saturated heterocycles. The van der Waals surface area contributed by atoms with Gasteiger partial charge in [-0.3, -0.25) is 0 Å². The lowest BCUT2D eigenvalue weighted by Crippen LogP contribution is -2.28. The highest BCUT2D eigenvalue weighted by atomic mass is 19.5. The van der Waals surface area contributed by atoms with Gasteiger partial charge < -0.3 is 17.3 Å². The summed E-state index contributed by atoms with van der Waals surface area (Å²) >= 11 is 0. The van der Waals surface area contributed by atoms with Crippen molar-refractivity contribution >= 4 is 13.5 Å². The van der Waals surface area contributed by atoms with Gasteiger partial charge in [0.1, 0.15) is 12.4 Å². The summed E-state index contributed by atoms with van der Waals surface area (Å²) in [6.07, 6.45) is 15.8. The number of imidazole rings is 1. The number of nitrogens with zero attached hydrogens (tertiary/aromatic N) is 2. The average molecular weight is 280 g/mol. The molecule has 2 nitrogen and oxygen atoms in total. The van der Waals surface area contributed by atoms with E-state index in [-0.39, 0.29) is 0 Å². The second kappa shape index (κ2) is 9.64. The summed E-state index contributed by atoms with van der Waals surface area (Å²) in [7, 11) is -6.00. The zero-order valence-electron chi connectivity index (χ0n) is 11.4. The van der Waals surface area contributed by atoms with Crippen molar-refractivity contribution in [3.8, 4) is 0 Å². The van der Waals surface area contributed by atoms with Crippen LogP contribution in [0.4, 0.5) is 17.3 Å². The molecule has 1 aromatic rings. The highest BCUT2D eigenvalue weighted by Crippen LogP contribution is 2.06. The summed E-state index contributed by atoms with van der Waals surface area (Å²) in [6.45, 7) is 5.42. The zero-order valence-corrected chi connectivity index (χ0v) is 11.4. The van der Waals surface area contributed by atoms with E-state index < -0.39 is 7.25 Å². The third kappa shape index (κ3) is 13.0. The zero-order chi connectivity index (χ0) is 14.7. The van der Waals surface area contributed by atoms with Crippen LogP contribution in [0.1, 0.15) is 39.5 Å². The molecule has 110 valence electrons. The van der Waals surface area contributed by atoms with Crippen LogP contribution in [0.5, 0.6) is 0 Å². The van der Waals surface area contributed by atoms with Gasteiger partial charge >= 0.3 is 7.25 Å². The fraction of sp³-hybridized carbons (Fsp3) is 0.583. The van der Waals surface area contributed by atoms with Crippen molar-refractivity contribution in [1.82, 2.24) is 4.57 Å². The van der Waals surface area contributed by atoms with Crippen LogP contribution in [0.25, 0.3) is 6.20 Å². The summed E-state index contributed by atoms with van der Waals surface area (Å²) < 4.78 is 43.3. The molecule has 0 aliphatic carbocycles. The van der Waals surface area contributed by atoms with Gasteiger partial charge in [-0.15, -0.1) is 0 Å². The second-order valence-electron chi connectivity index (χ2n) is 4.07. The maximum absolute atomic E-state index is 9.75. The Bertz CT molecular complexity index is 355. The van der Waals surface area contributed by atoms with E-state index in [9.17, 15) is 17.3 Å². The number of allylic oxidation sites excluding steroid dienone is 1.